The summed E-state index contributed by atoms with van der Waals surface area (Å²) in [6.07, 6.45) is 0. The predicted octanol–water partition coefficient (Wildman–Crippen LogP) is 2.90. The van der Waals surface area contributed by atoms with Crippen LogP contribution in [-0.4, -0.2) is 24.0 Å². The van der Waals surface area contributed by atoms with Crippen LogP contribution in [0.25, 0.3) is 0 Å². The van der Waals surface area contributed by atoms with Crippen LogP contribution in [0.2, 0.25) is 0 Å². The van der Waals surface area contributed by atoms with Crippen molar-refractivity contribution in [3.8, 4) is 11.8 Å². The van der Waals surface area contributed by atoms with E-state index in [0.29, 0.717) is 6.07 Å². The number of benzene rings is 2. The fourth-order valence-corrected chi connectivity index (χ4v) is 1.94. The lowest BCUT2D eigenvalue weighted by atomic mass is 10.2. The summed E-state index contributed by atoms with van der Waals surface area (Å²) in [6.45, 7) is -0.289. The molecule has 0 heterocycles. The highest BCUT2D eigenvalue weighted by molar-refractivity contribution is 5.78. The van der Waals surface area contributed by atoms with Crippen LogP contribution in [0.1, 0.15) is 5.56 Å². The van der Waals surface area contributed by atoms with E-state index in [1.165, 1.54) is 4.90 Å². The number of hydrogen-bond acceptors (Lipinski definition) is 3. The van der Waals surface area contributed by atoms with Crippen molar-refractivity contribution in [2.45, 2.75) is 6.54 Å². The van der Waals surface area contributed by atoms with Crippen molar-refractivity contribution in [3.05, 3.63) is 65.7 Å². The molecule has 0 aliphatic heterocycles. The Bertz CT molecular complexity index is 714. The average molecular weight is 316 g/mol. The van der Waals surface area contributed by atoms with E-state index in [0.717, 1.165) is 17.7 Å². The van der Waals surface area contributed by atoms with Crippen molar-refractivity contribution < 1.29 is 18.3 Å². The largest absolute Gasteiger partial charge is 0.481 e. The van der Waals surface area contributed by atoms with E-state index in [2.05, 4.69) is 0 Å². The van der Waals surface area contributed by atoms with Gasteiger partial charge in [0.15, 0.2) is 18.2 Å². The number of amides is 1. The number of rotatable bonds is 6. The Morgan fingerprint density at radius 3 is 2.57 bits per heavy atom. The molecule has 0 radical (unpaired) electrons. The van der Waals surface area contributed by atoms with Gasteiger partial charge >= 0.3 is 0 Å². The van der Waals surface area contributed by atoms with Crippen LogP contribution in [0, 0.1) is 23.0 Å². The molecule has 0 bridgehead atoms. The SMILES string of the molecule is N#CCN(Cc1ccccc1)C(=O)COc1ccc(F)cc1F. The van der Waals surface area contributed by atoms with Crippen molar-refractivity contribution in [1.82, 2.24) is 4.90 Å². The molecule has 1 amide bonds. The highest BCUT2D eigenvalue weighted by Crippen LogP contribution is 2.17. The molecule has 23 heavy (non-hydrogen) atoms. The van der Waals surface area contributed by atoms with Crippen molar-refractivity contribution >= 4 is 5.91 Å². The molecular formula is C17H14F2N2O2. The molecule has 0 aliphatic rings. The lowest BCUT2D eigenvalue weighted by Gasteiger charge is -2.20. The molecule has 6 heteroatoms. The van der Waals surface area contributed by atoms with Crippen molar-refractivity contribution in [2.75, 3.05) is 13.2 Å². The highest BCUT2D eigenvalue weighted by Gasteiger charge is 2.15. The first-order valence-electron chi connectivity index (χ1n) is 6.86. The maximum atomic E-state index is 13.5. The summed E-state index contributed by atoms with van der Waals surface area (Å²) in [7, 11) is 0. The number of carbonyl (C=O) groups excluding carboxylic acids is 1. The van der Waals surface area contributed by atoms with Crippen molar-refractivity contribution in [2.24, 2.45) is 0 Å². The molecule has 0 unspecified atom stereocenters. The molecule has 2 aromatic rings. The lowest BCUT2D eigenvalue weighted by Crippen LogP contribution is -2.34. The smallest absolute Gasteiger partial charge is 0.261 e. The Morgan fingerprint density at radius 1 is 1.17 bits per heavy atom. The van der Waals surface area contributed by atoms with Gasteiger partial charge in [0, 0.05) is 12.6 Å². The van der Waals surface area contributed by atoms with E-state index >= 15 is 0 Å². The average Bonchev–Trinajstić information content (AvgIpc) is 2.54. The van der Waals surface area contributed by atoms with Gasteiger partial charge in [-0.25, -0.2) is 8.78 Å². The molecule has 0 aliphatic carbocycles. The number of carbonyl (C=O) groups is 1. The van der Waals surface area contributed by atoms with E-state index in [9.17, 15) is 13.6 Å². The number of halogens is 2. The summed E-state index contributed by atoms with van der Waals surface area (Å²) in [5.74, 6) is -2.28. The monoisotopic (exact) mass is 316 g/mol. The number of nitriles is 1. The van der Waals surface area contributed by atoms with E-state index < -0.39 is 24.1 Å². The summed E-state index contributed by atoms with van der Waals surface area (Å²) < 4.78 is 31.3. The van der Waals surface area contributed by atoms with Crippen LogP contribution in [0.15, 0.2) is 48.5 Å². The molecule has 0 atom stereocenters. The normalized spacial score (nSPS) is 9.96. The van der Waals surface area contributed by atoms with Gasteiger partial charge in [-0.2, -0.15) is 5.26 Å². The predicted molar refractivity (Wildman–Crippen MR) is 79.3 cm³/mol. The first-order chi connectivity index (χ1) is 11.1. The van der Waals surface area contributed by atoms with Crippen LogP contribution in [0.4, 0.5) is 8.78 Å². The Labute approximate surface area is 132 Å². The first kappa shape index (κ1) is 16.4. The Kier molecular flexibility index (Phi) is 5.64. The number of hydrogen-bond donors (Lipinski definition) is 0. The molecule has 2 rings (SSSR count). The van der Waals surface area contributed by atoms with Gasteiger partial charge in [0.2, 0.25) is 0 Å². The van der Waals surface area contributed by atoms with Crippen molar-refractivity contribution in [1.29, 1.82) is 5.26 Å². The third kappa shape index (κ3) is 4.78. The third-order valence-corrected chi connectivity index (χ3v) is 3.08. The highest BCUT2D eigenvalue weighted by atomic mass is 19.1. The van der Waals surface area contributed by atoms with Crippen LogP contribution in [-0.2, 0) is 11.3 Å². The van der Waals surface area contributed by atoms with Crippen LogP contribution < -0.4 is 4.74 Å². The second-order valence-electron chi connectivity index (χ2n) is 4.76. The minimum Gasteiger partial charge on any atom is -0.481 e. The summed E-state index contributed by atoms with van der Waals surface area (Å²) in [4.78, 5) is 13.4. The molecule has 2 aromatic carbocycles. The molecule has 0 fully saturated rings. The second kappa shape index (κ2) is 7.90. The lowest BCUT2D eigenvalue weighted by molar-refractivity contribution is -0.133. The van der Waals surface area contributed by atoms with Crippen molar-refractivity contribution in [3.63, 3.8) is 0 Å². The minimum atomic E-state index is -0.882. The summed E-state index contributed by atoms with van der Waals surface area (Å²) in [6, 6.07) is 13.9. The molecule has 4 nitrogen and oxygen atoms in total. The van der Waals surface area contributed by atoms with Gasteiger partial charge in [0.25, 0.3) is 5.91 Å². The Balaban J connectivity index is 1.99. The Hall–Kier alpha value is -2.94. The molecule has 0 saturated carbocycles. The Morgan fingerprint density at radius 2 is 1.91 bits per heavy atom. The molecule has 118 valence electrons. The summed E-state index contributed by atoms with van der Waals surface area (Å²) >= 11 is 0. The zero-order chi connectivity index (χ0) is 16.7. The first-order valence-corrected chi connectivity index (χ1v) is 6.86. The van der Waals surface area contributed by atoms with E-state index in [-0.39, 0.29) is 18.8 Å². The van der Waals surface area contributed by atoms with Gasteiger partial charge in [-0.3, -0.25) is 4.79 Å². The minimum absolute atomic E-state index is 0.108. The van der Waals surface area contributed by atoms with Gasteiger partial charge in [-0.05, 0) is 17.7 Å². The van der Waals surface area contributed by atoms with Crippen LogP contribution in [0.3, 0.4) is 0 Å². The fourth-order valence-electron chi connectivity index (χ4n) is 1.94. The number of nitrogens with zero attached hydrogens (tertiary/aromatic N) is 2. The standard InChI is InChI=1S/C17H14F2N2O2/c18-14-6-7-16(15(19)10-14)23-12-17(22)21(9-8-20)11-13-4-2-1-3-5-13/h1-7,10H,9,11-12H2. The maximum absolute atomic E-state index is 13.5. The molecule has 0 aromatic heterocycles. The molecule has 0 spiro atoms. The van der Waals surface area contributed by atoms with Crippen LogP contribution in [0.5, 0.6) is 5.75 Å². The van der Waals surface area contributed by atoms with Gasteiger partial charge < -0.3 is 9.64 Å². The number of ether oxygens (including phenoxy) is 1. The van der Waals surface area contributed by atoms with Gasteiger partial charge in [0.05, 0.1) is 6.07 Å². The van der Waals surface area contributed by atoms with E-state index in [4.69, 9.17) is 10.00 Å². The fraction of sp³-hybridized carbons (Fsp3) is 0.176. The summed E-state index contributed by atoms with van der Waals surface area (Å²) in [5, 5.41) is 8.84. The molecule has 0 saturated heterocycles. The third-order valence-electron chi connectivity index (χ3n) is 3.08. The quantitative estimate of drug-likeness (QED) is 0.770. The summed E-state index contributed by atoms with van der Waals surface area (Å²) in [5.41, 5.74) is 0.865. The zero-order valence-corrected chi connectivity index (χ0v) is 12.2. The van der Waals surface area contributed by atoms with Gasteiger partial charge in [-0.1, -0.05) is 30.3 Å². The van der Waals surface area contributed by atoms with E-state index in [1.807, 2.05) is 36.4 Å². The molecule has 0 N–H and O–H groups in total. The van der Waals surface area contributed by atoms with Crippen LogP contribution >= 0.6 is 0 Å². The zero-order valence-electron chi connectivity index (χ0n) is 12.2. The topological polar surface area (TPSA) is 53.3 Å². The second-order valence-corrected chi connectivity index (χ2v) is 4.76. The van der Waals surface area contributed by atoms with Gasteiger partial charge in [0.1, 0.15) is 12.4 Å². The maximum Gasteiger partial charge on any atom is 0.261 e. The van der Waals surface area contributed by atoms with E-state index in [1.54, 1.807) is 0 Å². The van der Waals surface area contributed by atoms with Gasteiger partial charge in [-0.15, -0.1) is 0 Å². The molecular weight excluding hydrogens is 302 g/mol.